The van der Waals surface area contributed by atoms with Crippen molar-refractivity contribution in [2.45, 2.75) is 0 Å². The van der Waals surface area contributed by atoms with Gasteiger partial charge in [0, 0.05) is 15.1 Å². The second kappa shape index (κ2) is 8.24. The van der Waals surface area contributed by atoms with Gasteiger partial charge >= 0.3 is 0 Å². The van der Waals surface area contributed by atoms with Crippen molar-refractivity contribution in [3.8, 4) is 17.2 Å². The van der Waals surface area contributed by atoms with E-state index in [9.17, 15) is 4.79 Å². The third-order valence-corrected chi connectivity index (χ3v) is 4.90. The molecule has 1 N–H and O–H groups in total. The standard InChI is InChI=1S/C16H11BrClIN2O4/c17-11-5-15-14(24-8-25-15)3-9(11)6-20-21-16(22)7-23-13-2-1-10(18)4-12(13)19/h1-6H,7-8H2,(H,21,22). The van der Waals surface area contributed by atoms with Gasteiger partial charge in [-0.3, -0.25) is 4.79 Å². The number of hydrazone groups is 1. The van der Waals surface area contributed by atoms with Crippen LogP contribution in [-0.4, -0.2) is 25.5 Å². The summed E-state index contributed by atoms with van der Waals surface area (Å²) in [6, 6.07) is 8.73. The van der Waals surface area contributed by atoms with Crippen LogP contribution in [0.1, 0.15) is 5.56 Å². The van der Waals surface area contributed by atoms with Crippen LogP contribution in [-0.2, 0) is 4.79 Å². The minimum absolute atomic E-state index is 0.155. The van der Waals surface area contributed by atoms with Crippen LogP contribution < -0.4 is 19.6 Å². The van der Waals surface area contributed by atoms with Crippen molar-refractivity contribution in [3.63, 3.8) is 0 Å². The Kier molecular flexibility index (Phi) is 6.02. The molecule has 0 saturated carbocycles. The first-order chi connectivity index (χ1) is 12.0. The highest BCUT2D eigenvalue weighted by molar-refractivity contribution is 14.1. The maximum Gasteiger partial charge on any atom is 0.277 e. The second-order valence-corrected chi connectivity index (χ2v) is 7.34. The molecular formula is C16H11BrClIN2O4. The third kappa shape index (κ3) is 4.77. The van der Waals surface area contributed by atoms with Crippen molar-refractivity contribution in [2.75, 3.05) is 13.4 Å². The zero-order valence-electron chi connectivity index (χ0n) is 12.6. The molecule has 130 valence electrons. The van der Waals surface area contributed by atoms with Crippen molar-refractivity contribution < 1.29 is 19.0 Å². The van der Waals surface area contributed by atoms with Crippen LogP contribution >= 0.6 is 50.1 Å². The second-order valence-electron chi connectivity index (χ2n) is 4.88. The maximum atomic E-state index is 11.8. The zero-order chi connectivity index (χ0) is 17.8. The Balaban J connectivity index is 1.54. The molecule has 1 aliphatic heterocycles. The molecule has 0 saturated heterocycles. The molecule has 0 fully saturated rings. The lowest BCUT2D eigenvalue weighted by Gasteiger charge is -2.07. The van der Waals surface area contributed by atoms with E-state index in [1.165, 1.54) is 6.21 Å². The summed E-state index contributed by atoms with van der Waals surface area (Å²) in [5, 5.41) is 4.53. The van der Waals surface area contributed by atoms with Gasteiger partial charge in [-0.25, -0.2) is 5.43 Å². The Morgan fingerprint density at radius 2 is 2.12 bits per heavy atom. The van der Waals surface area contributed by atoms with E-state index in [-0.39, 0.29) is 19.3 Å². The molecule has 0 unspecified atom stereocenters. The fraction of sp³-hybridized carbons (Fsp3) is 0.125. The quantitative estimate of drug-likeness (QED) is 0.356. The van der Waals surface area contributed by atoms with Crippen molar-refractivity contribution >= 4 is 62.2 Å². The SMILES string of the molecule is O=C(COc1ccc(Cl)cc1I)NN=Cc1cc2c(cc1Br)OCO2. The first-order valence-electron chi connectivity index (χ1n) is 7.02. The number of rotatable bonds is 5. The third-order valence-electron chi connectivity index (χ3n) is 3.14. The molecule has 3 rings (SSSR count). The number of carbonyl (C=O) groups is 1. The lowest BCUT2D eigenvalue weighted by Crippen LogP contribution is -2.24. The van der Waals surface area contributed by atoms with Crippen LogP contribution in [0, 0.1) is 3.57 Å². The maximum absolute atomic E-state index is 11.8. The molecule has 0 bridgehead atoms. The Hall–Kier alpha value is -1.52. The predicted octanol–water partition coefficient (Wildman–Crippen LogP) is 3.96. The van der Waals surface area contributed by atoms with Gasteiger partial charge in [0.25, 0.3) is 5.91 Å². The molecule has 2 aromatic carbocycles. The summed E-state index contributed by atoms with van der Waals surface area (Å²) < 4.78 is 17.6. The highest BCUT2D eigenvalue weighted by atomic mass is 127. The molecule has 0 spiro atoms. The van der Waals surface area contributed by atoms with Gasteiger partial charge in [0.2, 0.25) is 6.79 Å². The van der Waals surface area contributed by atoms with Gasteiger partial charge in [-0.2, -0.15) is 5.10 Å². The van der Waals surface area contributed by atoms with Gasteiger partial charge in [0.05, 0.1) is 9.78 Å². The summed E-state index contributed by atoms with van der Waals surface area (Å²) in [6.07, 6.45) is 1.51. The molecule has 0 aromatic heterocycles. The van der Waals surface area contributed by atoms with Crippen molar-refractivity contribution in [2.24, 2.45) is 5.10 Å². The van der Waals surface area contributed by atoms with E-state index in [4.69, 9.17) is 25.8 Å². The van der Waals surface area contributed by atoms with Gasteiger partial charge in [-0.05, 0) is 68.9 Å². The first-order valence-corrected chi connectivity index (χ1v) is 9.27. The number of ether oxygens (including phenoxy) is 3. The molecule has 0 radical (unpaired) electrons. The largest absolute Gasteiger partial charge is 0.483 e. The summed E-state index contributed by atoms with van der Waals surface area (Å²) in [6.45, 7) is 0.0389. The molecular weight excluding hydrogens is 526 g/mol. The van der Waals surface area contributed by atoms with Gasteiger partial charge in [0.15, 0.2) is 18.1 Å². The number of nitrogens with zero attached hydrogens (tertiary/aromatic N) is 1. The Morgan fingerprint density at radius 1 is 1.36 bits per heavy atom. The lowest BCUT2D eigenvalue weighted by atomic mass is 10.2. The zero-order valence-corrected chi connectivity index (χ0v) is 17.1. The number of benzene rings is 2. The fourth-order valence-electron chi connectivity index (χ4n) is 1.97. The van der Waals surface area contributed by atoms with Crippen LogP contribution in [0.4, 0.5) is 0 Å². The van der Waals surface area contributed by atoms with E-state index in [1.54, 1.807) is 30.3 Å². The highest BCUT2D eigenvalue weighted by Gasteiger charge is 2.15. The van der Waals surface area contributed by atoms with E-state index in [2.05, 4.69) is 49.0 Å². The Labute approximate surface area is 170 Å². The molecule has 0 atom stereocenters. The normalized spacial score (nSPS) is 12.4. The van der Waals surface area contributed by atoms with E-state index in [1.807, 2.05) is 0 Å². The van der Waals surface area contributed by atoms with E-state index in [0.29, 0.717) is 22.3 Å². The topological polar surface area (TPSA) is 69.2 Å². The first kappa shape index (κ1) is 18.3. The average Bonchev–Trinajstić information content (AvgIpc) is 3.01. The Morgan fingerprint density at radius 3 is 2.88 bits per heavy atom. The molecule has 1 aliphatic rings. The molecule has 1 amide bonds. The number of carbonyl (C=O) groups excluding carboxylic acids is 1. The molecule has 0 aliphatic carbocycles. The predicted molar refractivity (Wildman–Crippen MR) is 106 cm³/mol. The van der Waals surface area contributed by atoms with Crippen LogP contribution in [0.3, 0.4) is 0 Å². The minimum atomic E-state index is -0.376. The summed E-state index contributed by atoms with van der Waals surface area (Å²) in [5.74, 6) is 1.51. The Bertz CT molecular complexity index is 847. The molecule has 2 aromatic rings. The number of nitrogens with one attached hydrogen (secondary N) is 1. The summed E-state index contributed by atoms with van der Waals surface area (Å²) in [7, 11) is 0. The number of amides is 1. The van der Waals surface area contributed by atoms with Gasteiger partial charge in [-0.15, -0.1) is 0 Å². The summed E-state index contributed by atoms with van der Waals surface area (Å²) in [4.78, 5) is 11.8. The minimum Gasteiger partial charge on any atom is -0.483 e. The smallest absolute Gasteiger partial charge is 0.277 e. The highest BCUT2D eigenvalue weighted by Crippen LogP contribution is 2.36. The molecule has 6 nitrogen and oxygen atoms in total. The van der Waals surface area contributed by atoms with Crippen molar-refractivity contribution in [1.29, 1.82) is 0 Å². The number of halogens is 3. The van der Waals surface area contributed by atoms with E-state index < -0.39 is 0 Å². The van der Waals surface area contributed by atoms with Crippen LogP contribution in [0.5, 0.6) is 17.2 Å². The molecule has 9 heteroatoms. The summed E-state index contributed by atoms with van der Waals surface area (Å²) >= 11 is 11.4. The van der Waals surface area contributed by atoms with Crippen LogP contribution in [0.25, 0.3) is 0 Å². The average molecular weight is 538 g/mol. The lowest BCUT2D eigenvalue weighted by molar-refractivity contribution is -0.123. The monoisotopic (exact) mass is 536 g/mol. The fourth-order valence-corrected chi connectivity index (χ4v) is 3.43. The molecule has 25 heavy (non-hydrogen) atoms. The van der Waals surface area contributed by atoms with Crippen molar-refractivity contribution in [1.82, 2.24) is 5.43 Å². The van der Waals surface area contributed by atoms with E-state index >= 15 is 0 Å². The molecule has 1 heterocycles. The van der Waals surface area contributed by atoms with Gasteiger partial charge in [0.1, 0.15) is 5.75 Å². The van der Waals surface area contributed by atoms with Crippen LogP contribution in [0.2, 0.25) is 5.02 Å². The number of hydrogen-bond acceptors (Lipinski definition) is 5. The van der Waals surface area contributed by atoms with Crippen LogP contribution in [0.15, 0.2) is 39.9 Å². The van der Waals surface area contributed by atoms with Gasteiger partial charge in [-0.1, -0.05) is 11.6 Å². The van der Waals surface area contributed by atoms with Crippen molar-refractivity contribution in [3.05, 3.63) is 49.0 Å². The number of fused-ring (bicyclic) bond motifs is 1. The van der Waals surface area contributed by atoms with Gasteiger partial charge < -0.3 is 14.2 Å². The number of hydrogen-bond donors (Lipinski definition) is 1. The summed E-state index contributed by atoms with van der Waals surface area (Å²) in [5.41, 5.74) is 3.16. The van der Waals surface area contributed by atoms with E-state index in [0.717, 1.165) is 13.6 Å².